The van der Waals surface area contributed by atoms with Gasteiger partial charge in [-0.3, -0.25) is 9.59 Å². The highest BCUT2D eigenvalue weighted by atomic mass is 16.2. The van der Waals surface area contributed by atoms with Crippen LogP contribution < -0.4 is 5.32 Å². The monoisotopic (exact) mass is 292 g/mol. The number of benzene rings is 2. The summed E-state index contributed by atoms with van der Waals surface area (Å²) < 4.78 is 0. The highest BCUT2D eigenvalue weighted by Crippen LogP contribution is 2.12. The lowest BCUT2D eigenvalue weighted by Gasteiger charge is -2.05. The lowest BCUT2D eigenvalue weighted by atomic mass is 10.0. The third-order valence-electron chi connectivity index (χ3n) is 3.23. The summed E-state index contributed by atoms with van der Waals surface area (Å²) in [7, 11) is 0. The molecule has 110 valence electrons. The minimum absolute atomic E-state index is 0.0547. The summed E-state index contributed by atoms with van der Waals surface area (Å²) in [6.45, 7) is 1.96. The van der Waals surface area contributed by atoms with Gasteiger partial charge in [0, 0.05) is 24.1 Å². The molecule has 0 saturated heterocycles. The van der Waals surface area contributed by atoms with Crippen LogP contribution in [0.25, 0.3) is 0 Å². The highest BCUT2D eigenvalue weighted by molar-refractivity contribution is 6.00. The smallest absolute Gasteiger partial charge is 0.224 e. The standard InChI is InChI=1S/C18H16N2O2/c1-13-5-7-15(8-6-13)17(21)9-10-18(22)20-16-4-2-3-14(11-16)12-19/h2-8,11H,9-10H2,1H3,(H,20,22). The topological polar surface area (TPSA) is 70.0 Å². The molecule has 0 atom stereocenters. The minimum atomic E-state index is -0.240. The number of anilines is 1. The molecule has 0 unspecified atom stereocenters. The third kappa shape index (κ3) is 4.29. The van der Waals surface area contributed by atoms with Crippen LogP contribution in [0.1, 0.15) is 34.3 Å². The number of ketones is 1. The number of carbonyl (C=O) groups is 2. The van der Waals surface area contributed by atoms with Crippen molar-refractivity contribution in [3.8, 4) is 6.07 Å². The molecular weight excluding hydrogens is 276 g/mol. The second-order valence-corrected chi connectivity index (χ2v) is 5.03. The first-order valence-electron chi connectivity index (χ1n) is 6.98. The number of nitrogens with one attached hydrogen (secondary N) is 1. The molecule has 0 saturated carbocycles. The van der Waals surface area contributed by atoms with Crippen molar-refractivity contribution >= 4 is 17.4 Å². The molecule has 1 amide bonds. The molecule has 4 nitrogen and oxygen atoms in total. The Morgan fingerprint density at radius 2 is 1.82 bits per heavy atom. The fourth-order valence-electron chi connectivity index (χ4n) is 2.00. The Morgan fingerprint density at radius 1 is 1.09 bits per heavy atom. The molecule has 2 aromatic rings. The number of Topliss-reactive ketones (excluding diaryl/α,β-unsaturated/α-hetero) is 1. The summed E-state index contributed by atoms with van der Waals surface area (Å²) in [6.07, 6.45) is 0.274. The molecule has 0 radical (unpaired) electrons. The SMILES string of the molecule is Cc1ccc(C(=O)CCC(=O)Nc2cccc(C#N)c2)cc1. The van der Waals surface area contributed by atoms with Gasteiger partial charge in [0.15, 0.2) is 5.78 Å². The molecule has 2 rings (SSSR count). The van der Waals surface area contributed by atoms with Gasteiger partial charge in [-0.15, -0.1) is 0 Å². The quantitative estimate of drug-likeness (QED) is 0.858. The second-order valence-electron chi connectivity index (χ2n) is 5.03. The predicted molar refractivity (Wildman–Crippen MR) is 84.5 cm³/mol. The molecule has 0 aliphatic carbocycles. The van der Waals surface area contributed by atoms with Crippen LogP contribution in [0.15, 0.2) is 48.5 Å². The normalized spacial score (nSPS) is 9.82. The van der Waals surface area contributed by atoms with Crippen molar-refractivity contribution in [2.45, 2.75) is 19.8 Å². The molecule has 0 spiro atoms. The van der Waals surface area contributed by atoms with Gasteiger partial charge in [0.2, 0.25) is 5.91 Å². The van der Waals surface area contributed by atoms with E-state index in [1.165, 1.54) is 0 Å². The number of aryl methyl sites for hydroxylation is 1. The molecule has 4 heteroatoms. The fourth-order valence-corrected chi connectivity index (χ4v) is 2.00. The number of carbonyl (C=O) groups excluding carboxylic acids is 2. The number of nitriles is 1. The van der Waals surface area contributed by atoms with Gasteiger partial charge >= 0.3 is 0 Å². The summed E-state index contributed by atoms with van der Waals surface area (Å²) >= 11 is 0. The van der Waals surface area contributed by atoms with Crippen molar-refractivity contribution in [1.82, 2.24) is 0 Å². The third-order valence-corrected chi connectivity index (χ3v) is 3.23. The Balaban J connectivity index is 1.88. The van der Waals surface area contributed by atoms with Gasteiger partial charge in [-0.1, -0.05) is 35.9 Å². The first kappa shape index (κ1) is 15.5. The molecule has 2 aromatic carbocycles. The summed E-state index contributed by atoms with van der Waals surface area (Å²) in [5.74, 6) is -0.295. The van der Waals surface area contributed by atoms with Crippen LogP contribution in [0.2, 0.25) is 0 Å². The van der Waals surface area contributed by atoms with E-state index in [0.717, 1.165) is 5.56 Å². The zero-order valence-corrected chi connectivity index (χ0v) is 12.3. The van der Waals surface area contributed by atoms with Crippen LogP contribution in [-0.2, 0) is 4.79 Å². The Morgan fingerprint density at radius 3 is 2.50 bits per heavy atom. The molecular formula is C18H16N2O2. The Bertz CT molecular complexity index is 727. The molecule has 0 bridgehead atoms. The Labute approximate surface area is 129 Å². The van der Waals surface area contributed by atoms with E-state index in [4.69, 9.17) is 5.26 Å². The van der Waals surface area contributed by atoms with Crippen molar-refractivity contribution in [2.75, 3.05) is 5.32 Å². The van der Waals surface area contributed by atoms with Crippen molar-refractivity contribution in [1.29, 1.82) is 5.26 Å². The average molecular weight is 292 g/mol. The number of nitrogens with zero attached hydrogens (tertiary/aromatic N) is 1. The van der Waals surface area contributed by atoms with E-state index in [0.29, 0.717) is 16.8 Å². The van der Waals surface area contributed by atoms with Crippen LogP contribution in [0.3, 0.4) is 0 Å². The van der Waals surface area contributed by atoms with Gasteiger partial charge in [-0.2, -0.15) is 5.26 Å². The summed E-state index contributed by atoms with van der Waals surface area (Å²) in [4.78, 5) is 23.8. The van der Waals surface area contributed by atoms with E-state index in [1.807, 2.05) is 25.1 Å². The molecule has 0 aromatic heterocycles. The molecule has 0 fully saturated rings. The largest absolute Gasteiger partial charge is 0.326 e. The average Bonchev–Trinajstić information content (AvgIpc) is 2.53. The lowest BCUT2D eigenvalue weighted by Crippen LogP contribution is -2.13. The summed E-state index contributed by atoms with van der Waals surface area (Å²) in [6, 6.07) is 16.0. The van der Waals surface area contributed by atoms with Crippen molar-refractivity contribution in [3.05, 3.63) is 65.2 Å². The number of amides is 1. The number of hydrogen-bond acceptors (Lipinski definition) is 3. The van der Waals surface area contributed by atoms with Gasteiger partial charge < -0.3 is 5.32 Å². The maximum Gasteiger partial charge on any atom is 0.224 e. The Hall–Kier alpha value is -2.93. The summed E-state index contributed by atoms with van der Waals surface area (Å²) in [5.41, 5.74) is 2.75. The zero-order valence-electron chi connectivity index (χ0n) is 12.3. The van der Waals surface area contributed by atoms with Crippen LogP contribution >= 0.6 is 0 Å². The molecule has 22 heavy (non-hydrogen) atoms. The van der Waals surface area contributed by atoms with Crippen molar-refractivity contribution < 1.29 is 9.59 Å². The van der Waals surface area contributed by atoms with E-state index in [9.17, 15) is 9.59 Å². The van der Waals surface area contributed by atoms with Crippen molar-refractivity contribution in [3.63, 3.8) is 0 Å². The van der Waals surface area contributed by atoms with E-state index < -0.39 is 0 Å². The van der Waals surface area contributed by atoms with Gasteiger partial charge in [-0.25, -0.2) is 0 Å². The van der Waals surface area contributed by atoms with Gasteiger partial charge in [-0.05, 0) is 25.1 Å². The zero-order chi connectivity index (χ0) is 15.9. The molecule has 0 aliphatic heterocycles. The van der Waals surface area contributed by atoms with Crippen LogP contribution in [0, 0.1) is 18.3 Å². The minimum Gasteiger partial charge on any atom is -0.326 e. The van der Waals surface area contributed by atoms with E-state index >= 15 is 0 Å². The van der Waals surface area contributed by atoms with Crippen LogP contribution in [0.5, 0.6) is 0 Å². The highest BCUT2D eigenvalue weighted by Gasteiger charge is 2.09. The first-order chi connectivity index (χ1) is 10.6. The first-order valence-corrected chi connectivity index (χ1v) is 6.98. The summed E-state index contributed by atoms with van der Waals surface area (Å²) in [5, 5.41) is 11.5. The molecule has 0 heterocycles. The van der Waals surface area contributed by atoms with Crippen molar-refractivity contribution in [2.24, 2.45) is 0 Å². The number of hydrogen-bond donors (Lipinski definition) is 1. The molecule has 0 aliphatic rings. The Kier molecular flexibility index (Phi) is 5.05. The fraction of sp³-hybridized carbons (Fsp3) is 0.167. The van der Waals surface area contributed by atoms with Crippen LogP contribution in [0.4, 0.5) is 5.69 Å². The predicted octanol–water partition coefficient (Wildman–Crippen LogP) is 3.47. The van der Waals surface area contributed by atoms with Gasteiger partial charge in [0.25, 0.3) is 0 Å². The van der Waals surface area contributed by atoms with E-state index in [1.54, 1.807) is 36.4 Å². The number of rotatable bonds is 5. The van der Waals surface area contributed by atoms with Gasteiger partial charge in [0.05, 0.1) is 11.6 Å². The van der Waals surface area contributed by atoms with E-state index in [-0.39, 0.29) is 24.5 Å². The maximum absolute atomic E-state index is 12.0. The van der Waals surface area contributed by atoms with Crippen LogP contribution in [-0.4, -0.2) is 11.7 Å². The lowest BCUT2D eigenvalue weighted by molar-refractivity contribution is -0.116. The van der Waals surface area contributed by atoms with Gasteiger partial charge in [0.1, 0.15) is 0 Å². The second kappa shape index (κ2) is 7.19. The van der Waals surface area contributed by atoms with E-state index in [2.05, 4.69) is 5.32 Å². The molecule has 1 N–H and O–H groups in total. The maximum atomic E-state index is 12.0.